The van der Waals surface area contributed by atoms with Crippen molar-refractivity contribution in [1.29, 1.82) is 0 Å². The first-order valence-corrected chi connectivity index (χ1v) is 8.88. The predicted molar refractivity (Wildman–Crippen MR) is 107 cm³/mol. The van der Waals surface area contributed by atoms with Gasteiger partial charge >= 0.3 is 0 Å². The zero-order valence-electron chi connectivity index (χ0n) is 15.3. The molecule has 25 heavy (non-hydrogen) atoms. The summed E-state index contributed by atoms with van der Waals surface area (Å²) >= 11 is 0. The maximum Gasteiger partial charge on any atom is 0.161 e. The topological polar surface area (TPSA) is 30.5 Å². The molecule has 2 aromatic rings. The summed E-state index contributed by atoms with van der Waals surface area (Å²) in [6, 6.07) is 16.5. The van der Waals surface area contributed by atoms with Crippen LogP contribution in [-0.2, 0) is 13.0 Å². The summed E-state index contributed by atoms with van der Waals surface area (Å²) in [5.74, 6) is 1.61. The molecule has 0 fully saturated rings. The van der Waals surface area contributed by atoms with E-state index >= 15 is 0 Å². The minimum absolute atomic E-state index is 0. The van der Waals surface area contributed by atoms with Crippen LogP contribution in [0.5, 0.6) is 11.5 Å². The fourth-order valence-corrected chi connectivity index (χ4v) is 2.60. The van der Waals surface area contributed by atoms with Crippen LogP contribution in [0.25, 0.3) is 0 Å². The minimum Gasteiger partial charge on any atom is -0.493 e. The van der Waals surface area contributed by atoms with Crippen LogP contribution in [0, 0.1) is 0 Å². The van der Waals surface area contributed by atoms with Crippen molar-refractivity contribution in [2.24, 2.45) is 0 Å². The molecule has 0 amide bonds. The third-order valence-electron chi connectivity index (χ3n) is 4.01. The number of benzene rings is 2. The molecule has 0 saturated carbocycles. The number of nitrogens with one attached hydrogen (secondary N) is 1. The van der Waals surface area contributed by atoms with E-state index in [4.69, 9.17) is 9.47 Å². The first kappa shape index (κ1) is 21.3. The SMILES string of the molecule is CCCCCNCc1ccc(OCCc2ccccc2)c(OC)c1.Cl. The van der Waals surface area contributed by atoms with Gasteiger partial charge in [0.05, 0.1) is 13.7 Å². The van der Waals surface area contributed by atoms with Crippen molar-refractivity contribution >= 4 is 12.4 Å². The second-order valence-corrected chi connectivity index (χ2v) is 5.95. The summed E-state index contributed by atoms with van der Waals surface area (Å²) in [7, 11) is 1.69. The molecule has 0 saturated heterocycles. The maximum absolute atomic E-state index is 5.90. The molecule has 0 aromatic heterocycles. The summed E-state index contributed by atoms with van der Waals surface area (Å²) in [5.41, 5.74) is 2.50. The molecule has 0 radical (unpaired) electrons. The van der Waals surface area contributed by atoms with E-state index in [9.17, 15) is 0 Å². The molecule has 2 rings (SSSR count). The van der Waals surface area contributed by atoms with Crippen molar-refractivity contribution in [2.75, 3.05) is 20.3 Å². The molecule has 0 spiro atoms. The summed E-state index contributed by atoms with van der Waals surface area (Å²) < 4.78 is 11.4. The van der Waals surface area contributed by atoms with E-state index in [2.05, 4.69) is 48.6 Å². The molecule has 0 atom stereocenters. The van der Waals surface area contributed by atoms with Crippen molar-refractivity contribution in [2.45, 2.75) is 39.2 Å². The summed E-state index contributed by atoms with van der Waals surface area (Å²) in [4.78, 5) is 0. The van der Waals surface area contributed by atoms with Gasteiger partial charge in [0.1, 0.15) is 0 Å². The fraction of sp³-hybridized carbons (Fsp3) is 0.429. The smallest absolute Gasteiger partial charge is 0.161 e. The molecule has 4 heteroatoms. The average Bonchev–Trinajstić information content (AvgIpc) is 2.63. The first-order valence-electron chi connectivity index (χ1n) is 8.88. The molecular formula is C21H30ClNO2. The van der Waals surface area contributed by atoms with Gasteiger partial charge in [0, 0.05) is 13.0 Å². The lowest BCUT2D eigenvalue weighted by molar-refractivity contribution is 0.297. The van der Waals surface area contributed by atoms with Crippen LogP contribution in [-0.4, -0.2) is 20.3 Å². The van der Waals surface area contributed by atoms with Gasteiger partial charge in [-0.05, 0) is 36.2 Å². The molecule has 0 aliphatic heterocycles. The van der Waals surface area contributed by atoms with Crippen LogP contribution in [0.2, 0.25) is 0 Å². The number of methoxy groups -OCH3 is 1. The molecule has 0 bridgehead atoms. The monoisotopic (exact) mass is 363 g/mol. The van der Waals surface area contributed by atoms with E-state index in [0.29, 0.717) is 6.61 Å². The van der Waals surface area contributed by atoms with Gasteiger partial charge in [-0.1, -0.05) is 56.2 Å². The maximum atomic E-state index is 5.90. The highest BCUT2D eigenvalue weighted by molar-refractivity contribution is 5.85. The number of halogens is 1. The number of hydrogen-bond donors (Lipinski definition) is 1. The average molecular weight is 364 g/mol. The first-order chi connectivity index (χ1) is 11.8. The van der Waals surface area contributed by atoms with Crippen LogP contribution >= 0.6 is 12.4 Å². The Kier molecular flexibility index (Phi) is 10.8. The quantitative estimate of drug-likeness (QED) is 0.569. The van der Waals surface area contributed by atoms with Crippen molar-refractivity contribution in [3.8, 4) is 11.5 Å². The second kappa shape index (κ2) is 12.6. The Morgan fingerprint density at radius 1 is 0.920 bits per heavy atom. The van der Waals surface area contributed by atoms with E-state index < -0.39 is 0 Å². The Morgan fingerprint density at radius 3 is 2.44 bits per heavy atom. The van der Waals surface area contributed by atoms with Crippen molar-refractivity contribution in [3.63, 3.8) is 0 Å². The van der Waals surface area contributed by atoms with Gasteiger partial charge in [0.15, 0.2) is 11.5 Å². The number of rotatable bonds is 11. The lowest BCUT2D eigenvalue weighted by atomic mass is 10.1. The van der Waals surface area contributed by atoms with Crippen molar-refractivity contribution in [1.82, 2.24) is 5.32 Å². The van der Waals surface area contributed by atoms with E-state index in [0.717, 1.165) is 31.0 Å². The van der Waals surface area contributed by atoms with E-state index in [-0.39, 0.29) is 12.4 Å². The van der Waals surface area contributed by atoms with Gasteiger partial charge in [0.25, 0.3) is 0 Å². The lowest BCUT2D eigenvalue weighted by Crippen LogP contribution is -2.14. The largest absolute Gasteiger partial charge is 0.493 e. The third kappa shape index (κ3) is 7.80. The highest BCUT2D eigenvalue weighted by Gasteiger charge is 2.06. The zero-order valence-corrected chi connectivity index (χ0v) is 16.1. The fourth-order valence-electron chi connectivity index (χ4n) is 2.60. The number of ether oxygens (including phenoxy) is 2. The van der Waals surface area contributed by atoms with E-state index in [1.165, 1.54) is 30.4 Å². The standard InChI is InChI=1S/C21H29NO2.ClH/c1-3-4-8-14-22-17-19-11-12-20(21(16-19)23-2)24-15-13-18-9-6-5-7-10-18;/h5-7,9-12,16,22H,3-4,8,13-15,17H2,1-2H3;1H. The highest BCUT2D eigenvalue weighted by Crippen LogP contribution is 2.28. The van der Waals surface area contributed by atoms with Crippen LogP contribution in [0.1, 0.15) is 37.3 Å². The molecule has 3 nitrogen and oxygen atoms in total. The Labute approximate surface area is 158 Å². The highest BCUT2D eigenvalue weighted by atomic mass is 35.5. The van der Waals surface area contributed by atoms with Gasteiger partial charge in [0.2, 0.25) is 0 Å². The van der Waals surface area contributed by atoms with Gasteiger partial charge in [-0.25, -0.2) is 0 Å². The summed E-state index contributed by atoms with van der Waals surface area (Å²) in [6.07, 6.45) is 4.66. The lowest BCUT2D eigenvalue weighted by Gasteiger charge is -2.13. The molecule has 138 valence electrons. The molecule has 0 unspecified atom stereocenters. The molecule has 0 heterocycles. The predicted octanol–water partition coefficient (Wildman–Crippen LogP) is 5.02. The van der Waals surface area contributed by atoms with Crippen LogP contribution in [0.3, 0.4) is 0 Å². The Hall–Kier alpha value is -1.71. The third-order valence-corrected chi connectivity index (χ3v) is 4.01. The van der Waals surface area contributed by atoms with Gasteiger partial charge in [-0.2, -0.15) is 0 Å². The van der Waals surface area contributed by atoms with Crippen LogP contribution in [0.4, 0.5) is 0 Å². The van der Waals surface area contributed by atoms with E-state index in [1.54, 1.807) is 7.11 Å². The number of unbranched alkanes of at least 4 members (excludes halogenated alkanes) is 2. The van der Waals surface area contributed by atoms with Crippen molar-refractivity contribution in [3.05, 3.63) is 59.7 Å². The van der Waals surface area contributed by atoms with Crippen LogP contribution < -0.4 is 14.8 Å². The van der Waals surface area contributed by atoms with Crippen LogP contribution in [0.15, 0.2) is 48.5 Å². The molecule has 1 N–H and O–H groups in total. The van der Waals surface area contributed by atoms with Gasteiger partial charge in [-0.15, -0.1) is 12.4 Å². The van der Waals surface area contributed by atoms with Gasteiger partial charge in [-0.3, -0.25) is 0 Å². The minimum atomic E-state index is 0. The Morgan fingerprint density at radius 2 is 1.72 bits per heavy atom. The molecule has 2 aromatic carbocycles. The summed E-state index contributed by atoms with van der Waals surface area (Å²) in [6.45, 7) is 4.80. The zero-order chi connectivity index (χ0) is 17.0. The Balaban J connectivity index is 0.00000312. The molecular weight excluding hydrogens is 334 g/mol. The Bertz CT molecular complexity index is 590. The normalized spacial score (nSPS) is 10.2. The summed E-state index contributed by atoms with van der Waals surface area (Å²) in [5, 5.41) is 3.48. The van der Waals surface area contributed by atoms with Crippen molar-refractivity contribution < 1.29 is 9.47 Å². The number of hydrogen-bond acceptors (Lipinski definition) is 3. The van der Waals surface area contributed by atoms with Gasteiger partial charge < -0.3 is 14.8 Å². The van der Waals surface area contributed by atoms with E-state index in [1.807, 2.05) is 12.1 Å². The second-order valence-electron chi connectivity index (χ2n) is 5.95. The molecule has 0 aliphatic carbocycles. The molecule has 0 aliphatic rings.